The third-order valence-electron chi connectivity index (χ3n) is 4.19. The summed E-state index contributed by atoms with van der Waals surface area (Å²) in [7, 11) is 1.59. The Hall–Kier alpha value is -3.12. The number of methoxy groups -OCH3 is 1. The highest BCUT2D eigenvalue weighted by molar-refractivity contribution is 7.09. The normalized spacial score (nSPS) is 10.3. The van der Waals surface area contributed by atoms with E-state index in [-0.39, 0.29) is 11.8 Å². The van der Waals surface area contributed by atoms with Gasteiger partial charge in [-0.15, -0.1) is 11.3 Å². The maximum atomic E-state index is 12.3. The molecule has 3 aromatic rings. The lowest BCUT2D eigenvalue weighted by molar-refractivity contribution is -0.116. The van der Waals surface area contributed by atoms with Crippen molar-refractivity contribution in [3.63, 3.8) is 0 Å². The minimum Gasteiger partial charge on any atom is -0.497 e. The number of carbonyl (C=O) groups excluding carboxylic acids is 2. The summed E-state index contributed by atoms with van der Waals surface area (Å²) in [6.07, 6.45) is 2.20. The first-order valence-corrected chi connectivity index (χ1v) is 9.90. The summed E-state index contributed by atoms with van der Waals surface area (Å²) in [5.74, 6) is 0.500. The zero-order valence-corrected chi connectivity index (χ0v) is 16.4. The molecular weight excluding hydrogens is 372 g/mol. The van der Waals surface area contributed by atoms with Gasteiger partial charge in [0.2, 0.25) is 5.91 Å². The molecule has 2 N–H and O–H groups in total. The largest absolute Gasteiger partial charge is 0.497 e. The molecule has 6 heteroatoms. The number of ether oxygens (including phenoxy) is 1. The Labute approximate surface area is 168 Å². The molecule has 3 rings (SSSR count). The van der Waals surface area contributed by atoms with Gasteiger partial charge in [-0.3, -0.25) is 9.59 Å². The van der Waals surface area contributed by atoms with E-state index < -0.39 is 0 Å². The number of carbonyl (C=O) groups is 2. The van der Waals surface area contributed by atoms with Crippen LogP contribution in [0.1, 0.15) is 28.1 Å². The van der Waals surface area contributed by atoms with Crippen molar-refractivity contribution in [1.29, 1.82) is 0 Å². The molecule has 0 fully saturated rings. The van der Waals surface area contributed by atoms with Gasteiger partial charge in [-0.2, -0.15) is 0 Å². The Bertz CT molecular complexity index is 904. The van der Waals surface area contributed by atoms with Crippen LogP contribution in [0.2, 0.25) is 0 Å². The lowest BCUT2D eigenvalue weighted by Gasteiger charge is -2.08. The fourth-order valence-corrected chi connectivity index (χ4v) is 3.44. The zero-order chi connectivity index (χ0) is 19.8. The highest BCUT2D eigenvalue weighted by atomic mass is 32.1. The average molecular weight is 394 g/mol. The van der Waals surface area contributed by atoms with Crippen LogP contribution in [0.3, 0.4) is 0 Å². The predicted octanol–water partition coefficient (Wildman–Crippen LogP) is 4.97. The Balaban J connectivity index is 1.47. The van der Waals surface area contributed by atoms with Crippen molar-refractivity contribution in [2.45, 2.75) is 19.3 Å². The van der Waals surface area contributed by atoms with Crippen LogP contribution in [-0.4, -0.2) is 18.9 Å². The van der Waals surface area contributed by atoms with Gasteiger partial charge in [-0.05, 0) is 72.8 Å². The van der Waals surface area contributed by atoms with Crippen molar-refractivity contribution in [3.8, 4) is 5.75 Å². The number of rotatable bonds is 8. The highest BCUT2D eigenvalue weighted by Gasteiger charge is 2.08. The molecule has 2 aromatic carbocycles. The lowest BCUT2D eigenvalue weighted by Crippen LogP contribution is -2.13. The second kappa shape index (κ2) is 9.71. The first-order valence-electron chi connectivity index (χ1n) is 9.02. The second-order valence-electron chi connectivity index (χ2n) is 6.24. The van der Waals surface area contributed by atoms with Crippen molar-refractivity contribution < 1.29 is 14.3 Å². The fourth-order valence-electron chi connectivity index (χ4n) is 2.68. The van der Waals surface area contributed by atoms with E-state index >= 15 is 0 Å². The van der Waals surface area contributed by atoms with E-state index in [9.17, 15) is 9.59 Å². The average Bonchev–Trinajstić information content (AvgIpc) is 3.22. The van der Waals surface area contributed by atoms with E-state index in [1.807, 2.05) is 11.4 Å². The summed E-state index contributed by atoms with van der Waals surface area (Å²) in [5, 5.41) is 7.74. The summed E-state index contributed by atoms with van der Waals surface area (Å²) in [4.78, 5) is 25.7. The predicted molar refractivity (Wildman–Crippen MR) is 113 cm³/mol. The van der Waals surface area contributed by atoms with E-state index in [4.69, 9.17) is 4.74 Å². The van der Waals surface area contributed by atoms with Gasteiger partial charge in [0.25, 0.3) is 5.91 Å². The lowest BCUT2D eigenvalue weighted by atomic mass is 10.1. The monoisotopic (exact) mass is 394 g/mol. The Morgan fingerprint density at radius 1 is 0.929 bits per heavy atom. The van der Waals surface area contributed by atoms with Crippen molar-refractivity contribution in [2.24, 2.45) is 0 Å². The third kappa shape index (κ3) is 5.69. The molecule has 0 saturated heterocycles. The van der Waals surface area contributed by atoms with Crippen LogP contribution in [0.15, 0.2) is 66.0 Å². The van der Waals surface area contributed by atoms with Crippen molar-refractivity contribution in [2.75, 3.05) is 17.7 Å². The molecule has 0 bridgehead atoms. The number of thiophene rings is 1. The van der Waals surface area contributed by atoms with Crippen LogP contribution >= 0.6 is 11.3 Å². The summed E-state index contributed by atoms with van der Waals surface area (Å²) < 4.78 is 5.10. The SMILES string of the molecule is COc1ccc(NC(=O)c2ccc(NC(=O)CCCc3cccs3)cc2)cc1. The Morgan fingerprint density at radius 3 is 2.25 bits per heavy atom. The molecule has 0 atom stereocenters. The minimum absolute atomic E-state index is 0.0213. The third-order valence-corrected chi connectivity index (χ3v) is 5.12. The molecular formula is C22H22N2O3S. The first kappa shape index (κ1) is 19.6. The number of amides is 2. The number of hydrogen-bond donors (Lipinski definition) is 2. The van der Waals surface area contributed by atoms with Crippen LogP contribution in [0.5, 0.6) is 5.75 Å². The summed E-state index contributed by atoms with van der Waals surface area (Å²) >= 11 is 1.71. The van der Waals surface area contributed by atoms with Gasteiger partial charge >= 0.3 is 0 Å². The molecule has 0 aliphatic rings. The van der Waals surface area contributed by atoms with Crippen LogP contribution in [0.25, 0.3) is 0 Å². The van der Waals surface area contributed by atoms with Crippen molar-refractivity contribution in [3.05, 3.63) is 76.5 Å². The molecule has 0 unspecified atom stereocenters. The zero-order valence-electron chi connectivity index (χ0n) is 15.6. The Kier molecular flexibility index (Phi) is 6.81. The number of nitrogens with one attached hydrogen (secondary N) is 2. The maximum absolute atomic E-state index is 12.3. The van der Waals surface area contributed by atoms with E-state index in [1.54, 1.807) is 67.0 Å². The van der Waals surface area contributed by atoms with Crippen LogP contribution in [0, 0.1) is 0 Å². The van der Waals surface area contributed by atoms with Gasteiger partial charge < -0.3 is 15.4 Å². The van der Waals surface area contributed by atoms with Gasteiger partial charge in [0.15, 0.2) is 0 Å². The molecule has 0 saturated carbocycles. The molecule has 5 nitrogen and oxygen atoms in total. The Morgan fingerprint density at radius 2 is 1.61 bits per heavy atom. The summed E-state index contributed by atoms with van der Waals surface area (Å²) in [6.45, 7) is 0. The van der Waals surface area contributed by atoms with Gasteiger partial charge in [0.1, 0.15) is 5.75 Å². The van der Waals surface area contributed by atoms with Crippen molar-refractivity contribution >= 4 is 34.5 Å². The molecule has 0 aliphatic carbocycles. The summed E-state index contributed by atoms with van der Waals surface area (Å²) in [6, 6.07) is 18.1. The van der Waals surface area contributed by atoms with Gasteiger partial charge in [0.05, 0.1) is 7.11 Å². The number of benzene rings is 2. The van der Waals surface area contributed by atoms with Gasteiger partial charge in [-0.1, -0.05) is 6.07 Å². The van der Waals surface area contributed by atoms with Crippen LogP contribution in [-0.2, 0) is 11.2 Å². The molecule has 2 amide bonds. The van der Waals surface area contributed by atoms with Crippen LogP contribution in [0.4, 0.5) is 11.4 Å². The molecule has 1 aromatic heterocycles. The number of aryl methyl sites for hydroxylation is 1. The molecule has 0 aliphatic heterocycles. The number of hydrogen-bond acceptors (Lipinski definition) is 4. The van der Waals surface area contributed by atoms with E-state index in [2.05, 4.69) is 16.7 Å². The van der Waals surface area contributed by atoms with Gasteiger partial charge in [0, 0.05) is 28.2 Å². The summed E-state index contributed by atoms with van der Waals surface area (Å²) in [5.41, 5.74) is 1.89. The van der Waals surface area contributed by atoms with E-state index in [0.717, 1.165) is 18.6 Å². The van der Waals surface area contributed by atoms with Crippen LogP contribution < -0.4 is 15.4 Å². The standard InChI is InChI=1S/C22H22N2O3S/c1-27-19-13-11-18(12-14-19)24-22(26)16-7-9-17(10-8-16)23-21(25)6-2-4-20-5-3-15-28-20/h3,5,7-15H,2,4,6H2,1H3,(H,23,25)(H,24,26). The molecule has 144 valence electrons. The highest BCUT2D eigenvalue weighted by Crippen LogP contribution is 2.17. The molecule has 0 spiro atoms. The van der Waals surface area contributed by atoms with E-state index in [1.165, 1.54) is 4.88 Å². The number of anilines is 2. The molecule has 1 heterocycles. The van der Waals surface area contributed by atoms with Gasteiger partial charge in [-0.25, -0.2) is 0 Å². The molecule has 0 radical (unpaired) electrons. The second-order valence-corrected chi connectivity index (χ2v) is 7.27. The minimum atomic E-state index is -0.209. The smallest absolute Gasteiger partial charge is 0.255 e. The van der Waals surface area contributed by atoms with Crippen molar-refractivity contribution in [1.82, 2.24) is 0 Å². The topological polar surface area (TPSA) is 67.4 Å². The van der Waals surface area contributed by atoms with E-state index in [0.29, 0.717) is 23.4 Å². The fraction of sp³-hybridized carbons (Fsp3) is 0.182. The first-order chi connectivity index (χ1) is 13.6. The molecule has 28 heavy (non-hydrogen) atoms. The quantitative estimate of drug-likeness (QED) is 0.567. The maximum Gasteiger partial charge on any atom is 0.255 e.